The van der Waals surface area contributed by atoms with E-state index in [4.69, 9.17) is 21.7 Å². The molecule has 0 saturated heterocycles. The average Bonchev–Trinajstić information content (AvgIpc) is 3.26. The number of carbonyl (C=O) groups is 2. The number of carbonyl (C=O) groups excluding carboxylic acids is 2. The van der Waals surface area contributed by atoms with E-state index in [0.29, 0.717) is 28.7 Å². The van der Waals surface area contributed by atoms with Crippen molar-refractivity contribution >= 4 is 68.6 Å². The number of thiocarbonyl (C=S) groups is 1. The van der Waals surface area contributed by atoms with Gasteiger partial charge in [0.1, 0.15) is 10.7 Å². The molecule has 0 N–H and O–H groups in total. The van der Waals surface area contributed by atoms with Gasteiger partial charge in [0.2, 0.25) is 5.91 Å². The van der Waals surface area contributed by atoms with Crippen LogP contribution in [0.1, 0.15) is 45.7 Å². The van der Waals surface area contributed by atoms with E-state index < -0.39 is 5.54 Å². The molecule has 2 aromatic carbocycles. The molecular weight excluding hydrogens is 499 g/mol. The lowest BCUT2D eigenvalue weighted by Gasteiger charge is -2.45. The summed E-state index contributed by atoms with van der Waals surface area (Å²) >= 11 is 8.94. The van der Waals surface area contributed by atoms with E-state index in [1.807, 2.05) is 69.3 Å². The van der Waals surface area contributed by atoms with Crippen molar-refractivity contribution in [3.63, 3.8) is 0 Å². The maximum absolute atomic E-state index is 12.9. The minimum absolute atomic E-state index is 0.0890. The molecule has 2 aliphatic heterocycles. The number of hydrogen-bond acceptors (Lipinski definition) is 7. The number of ether oxygens (including phenoxy) is 2. The van der Waals surface area contributed by atoms with Gasteiger partial charge >= 0.3 is 5.97 Å². The number of esters is 1. The highest BCUT2D eigenvalue weighted by molar-refractivity contribution is 8.32. The zero-order chi connectivity index (χ0) is 25.3. The Balaban J connectivity index is 1.93. The molecule has 0 atom stereocenters. The monoisotopic (exact) mass is 525 g/mol. The van der Waals surface area contributed by atoms with Crippen LogP contribution in [0.15, 0.2) is 57.7 Å². The highest BCUT2D eigenvalue weighted by Gasteiger charge is 2.45. The Labute approximate surface area is 219 Å². The van der Waals surface area contributed by atoms with Crippen molar-refractivity contribution in [2.45, 2.75) is 40.2 Å². The van der Waals surface area contributed by atoms with Crippen LogP contribution in [-0.2, 0) is 14.3 Å². The van der Waals surface area contributed by atoms with E-state index in [0.717, 1.165) is 31.5 Å². The summed E-state index contributed by atoms with van der Waals surface area (Å²) in [5, 5.41) is 0. The van der Waals surface area contributed by atoms with Gasteiger partial charge < -0.3 is 14.4 Å². The molecule has 5 nitrogen and oxygen atoms in total. The van der Waals surface area contributed by atoms with E-state index in [1.165, 1.54) is 23.5 Å². The minimum atomic E-state index is -0.732. The van der Waals surface area contributed by atoms with E-state index in [9.17, 15) is 9.59 Å². The first kappa shape index (κ1) is 25.5. The molecule has 0 unspecified atom stereocenters. The van der Waals surface area contributed by atoms with Crippen molar-refractivity contribution in [1.29, 1.82) is 0 Å². The van der Waals surface area contributed by atoms with Gasteiger partial charge in [0.05, 0.1) is 33.5 Å². The van der Waals surface area contributed by atoms with E-state index in [2.05, 4.69) is 0 Å². The molecule has 0 aliphatic carbocycles. The van der Waals surface area contributed by atoms with Crippen LogP contribution in [0.2, 0.25) is 0 Å². The second-order valence-corrected chi connectivity index (χ2v) is 11.2. The zero-order valence-electron chi connectivity index (χ0n) is 20.3. The van der Waals surface area contributed by atoms with Gasteiger partial charge in [0, 0.05) is 23.0 Å². The van der Waals surface area contributed by atoms with Crippen molar-refractivity contribution in [3.05, 3.63) is 68.8 Å². The summed E-state index contributed by atoms with van der Waals surface area (Å²) in [6.07, 6.45) is 0. The molecule has 2 heterocycles. The molecule has 2 aromatic rings. The van der Waals surface area contributed by atoms with E-state index in [-0.39, 0.29) is 11.9 Å². The Bertz CT molecular complexity index is 1260. The maximum Gasteiger partial charge on any atom is 0.346 e. The van der Waals surface area contributed by atoms with Crippen molar-refractivity contribution in [2.24, 2.45) is 0 Å². The fraction of sp³-hybridized carbons (Fsp3) is 0.296. The number of rotatable bonds is 5. The van der Waals surface area contributed by atoms with Gasteiger partial charge in [-0.1, -0.05) is 66.1 Å². The molecule has 2 aliphatic rings. The summed E-state index contributed by atoms with van der Waals surface area (Å²) in [5.41, 5.74) is 2.65. The van der Waals surface area contributed by atoms with E-state index >= 15 is 0 Å². The first-order valence-corrected chi connectivity index (χ1v) is 13.4. The predicted molar refractivity (Wildman–Crippen MR) is 150 cm³/mol. The molecule has 0 saturated carbocycles. The van der Waals surface area contributed by atoms with Crippen LogP contribution < -0.4 is 9.64 Å². The highest BCUT2D eigenvalue weighted by Crippen LogP contribution is 2.58. The maximum atomic E-state index is 12.9. The number of thioether (sulfide) groups is 2. The lowest BCUT2D eigenvalue weighted by Crippen LogP contribution is -2.55. The first-order chi connectivity index (χ1) is 16.7. The van der Waals surface area contributed by atoms with Gasteiger partial charge in [-0.3, -0.25) is 4.79 Å². The van der Waals surface area contributed by atoms with Crippen molar-refractivity contribution in [1.82, 2.24) is 0 Å². The summed E-state index contributed by atoms with van der Waals surface area (Å²) in [4.78, 5) is 29.5. The Morgan fingerprint density at radius 1 is 1.03 bits per heavy atom. The summed E-state index contributed by atoms with van der Waals surface area (Å²) in [7, 11) is 0. The largest absolute Gasteiger partial charge is 0.494 e. The van der Waals surface area contributed by atoms with Crippen LogP contribution in [-0.4, -0.2) is 35.5 Å². The number of amides is 1. The van der Waals surface area contributed by atoms with Crippen LogP contribution >= 0.6 is 35.7 Å². The van der Waals surface area contributed by atoms with Crippen molar-refractivity contribution in [3.8, 4) is 5.75 Å². The first-order valence-electron chi connectivity index (χ1n) is 11.4. The Kier molecular flexibility index (Phi) is 7.45. The smallest absolute Gasteiger partial charge is 0.346 e. The van der Waals surface area contributed by atoms with Gasteiger partial charge in [-0.25, -0.2) is 4.79 Å². The highest BCUT2D eigenvalue weighted by atomic mass is 32.2. The third kappa shape index (κ3) is 4.67. The Morgan fingerprint density at radius 3 is 2.37 bits per heavy atom. The molecule has 182 valence electrons. The molecule has 0 bridgehead atoms. The molecular formula is C27H27NO4S3. The summed E-state index contributed by atoms with van der Waals surface area (Å²) < 4.78 is 12.1. The molecule has 4 rings (SSSR count). The van der Waals surface area contributed by atoms with Gasteiger partial charge in [-0.05, 0) is 51.5 Å². The fourth-order valence-corrected chi connectivity index (χ4v) is 7.41. The number of nitrogens with zero attached hydrogens (tertiary/aromatic N) is 1. The van der Waals surface area contributed by atoms with Gasteiger partial charge in [-0.15, -0.1) is 0 Å². The van der Waals surface area contributed by atoms with Crippen LogP contribution in [0.25, 0.3) is 10.5 Å². The topological polar surface area (TPSA) is 55.8 Å². The SMILES string of the molecule is CCOC(=O)C1=C(c2ccccc2)SC(=C2C(=S)C(C)(C)N(C(C)=O)c3ccc(OCC)cc32)S1. The lowest BCUT2D eigenvalue weighted by atomic mass is 9.83. The van der Waals surface area contributed by atoms with Crippen LogP contribution in [0, 0.1) is 0 Å². The molecule has 0 spiro atoms. The third-order valence-corrected chi connectivity index (χ3v) is 9.07. The van der Waals surface area contributed by atoms with Crippen molar-refractivity contribution < 1.29 is 19.1 Å². The Morgan fingerprint density at radius 2 is 1.74 bits per heavy atom. The third-order valence-electron chi connectivity index (χ3n) is 5.74. The van der Waals surface area contributed by atoms with Crippen molar-refractivity contribution in [2.75, 3.05) is 18.1 Å². The second kappa shape index (κ2) is 10.2. The van der Waals surface area contributed by atoms with Gasteiger partial charge in [0.25, 0.3) is 0 Å². The number of fused-ring (bicyclic) bond motifs is 1. The molecule has 0 radical (unpaired) electrons. The van der Waals surface area contributed by atoms with Crippen LogP contribution in [0.5, 0.6) is 5.75 Å². The molecule has 8 heteroatoms. The fourth-order valence-electron chi connectivity index (χ4n) is 4.28. The summed E-state index contributed by atoms with van der Waals surface area (Å²) in [6.45, 7) is 10.0. The molecule has 1 amide bonds. The molecule has 0 aromatic heterocycles. The molecule has 35 heavy (non-hydrogen) atoms. The van der Waals surface area contributed by atoms with Crippen LogP contribution in [0.4, 0.5) is 5.69 Å². The Hall–Kier alpha value is -2.55. The summed E-state index contributed by atoms with van der Waals surface area (Å²) in [6, 6.07) is 15.5. The van der Waals surface area contributed by atoms with Gasteiger partial charge in [0.15, 0.2) is 0 Å². The standard InChI is InChI=1S/C27H27NO4S3/c1-6-31-18-13-14-20-19(15-18)21(24(33)27(4,5)28(20)16(3)29)26-34-22(17-11-9-8-10-12-17)23(35-26)25(30)32-7-2/h8-15H,6-7H2,1-5H3. The molecule has 0 fully saturated rings. The van der Waals surface area contributed by atoms with Crippen LogP contribution in [0.3, 0.4) is 0 Å². The normalized spacial score (nSPS) is 19.0. The lowest BCUT2D eigenvalue weighted by molar-refractivity contribution is -0.137. The van der Waals surface area contributed by atoms with Gasteiger partial charge in [-0.2, -0.15) is 0 Å². The van der Waals surface area contributed by atoms with E-state index in [1.54, 1.807) is 18.7 Å². The number of hydrogen-bond donors (Lipinski definition) is 0. The minimum Gasteiger partial charge on any atom is -0.494 e. The summed E-state index contributed by atoms with van der Waals surface area (Å²) in [5.74, 6) is 0.258. The number of anilines is 1. The second-order valence-electron chi connectivity index (χ2n) is 8.47. The average molecular weight is 526 g/mol. The number of benzene rings is 2. The quantitative estimate of drug-likeness (QED) is 0.245. The predicted octanol–water partition coefficient (Wildman–Crippen LogP) is 6.68. The zero-order valence-corrected chi connectivity index (χ0v) is 22.8.